The van der Waals surface area contributed by atoms with Crippen molar-refractivity contribution in [3.63, 3.8) is 0 Å². The molecule has 21 heavy (non-hydrogen) atoms. The molecule has 0 radical (unpaired) electrons. The molecule has 1 aliphatic rings. The van der Waals surface area contributed by atoms with Crippen LogP contribution in [0.5, 0.6) is 0 Å². The largest absolute Gasteiger partial charge is 0.353 e. The molecule has 0 saturated carbocycles. The summed E-state index contributed by atoms with van der Waals surface area (Å²) in [6, 6.07) is 5.87. The van der Waals surface area contributed by atoms with Crippen molar-refractivity contribution >= 4 is 17.6 Å². The fourth-order valence-electron chi connectivity index (χ4n) is 2.35. The number of pyridine rings is 1. The molecule has 6 heteroatoms. The Morgan fingerprint density at radius 2 is 1.95 bits per heavy atom. The molecule has 2 heterocycles. The molecular formula is C15H22N4O2. The van der Waals surface area contributed by atoms with Crippen molar-refractivity contribution in [2.45, 2.75) is 26.3 Å². The first-order chi connectivity index (χ1) is 10.1. The van der Waals surface area contributed by atoms with Gasteiger partial charge >= 0.3 is 0 Å². The van der Waals surface area contributed by atoms with Crippen molar-refractivity contribution in [2.75, 3.05) is 31.1 Å². The Balaban J connectivity index is 1.81. The number of nitrogens with zero attached hydrogens (tertiary/aromatic N) is 3. The SMILES string of the molecule is CC(C)NC(=O)CC(=O)N1CCN(c2ccccn2)CC1. The lowest BCUT2D eigenvalue weighted by Crippen LogP contribution is -2.50. The zero-order valence-corrected chi connectivity index (χ0v) is 12.6. The van der Waals surface area contributed by atoms with Gasteiger partial charge in [-0.05, 0) is 26.0 Å². The molecule has 114 valence electrons. The quantitative estimate of drug-likeness (QED) is 0.827. The van der Waals surface area contributed by atoms with Gasteiger partial charge in [-0.3, -0.25) is 9.59 Å². The van der Waals surface area contributed by atoms with Crippen molar-refractivity contribution in [1.82, 2.24) is 15.2 Å². The molecule has 1 aliphatic heterocycles. The van der Waals surface area contributed by atoms with E-state index in [2.05, 4.69) is 15.2 Å². The van der Waals surface area contributed by atoms with Gasteiger partial charge in [0, 0.05) is 38.4 Å². The number of amides is 2. The van der Waals surface area contributed by atoms with Crippen LogP contribution in [0.3, 0.4) is 0 Å². The zero-order valence-electron chi connectivity index (χ0n) is 12.6. The molecule has 1 saturated heterocycles. The summed E-state index contributed by atoms with van der Waals surface area (Å²) in [6.07, 6.45) is 1.70. The minimum atomic E-state index is -0.206. The molecule has 1 aromatic heterocycles. The number of anilines is 1. The first kappa shape index (κ1) is 15.3. The van der Waals surface area contributed by atoms with E-state index >= 15 is 0 Å². The Morgan fingerprint density at radius 3 is 2.52 bits per heavy atom. The second kappa shape index (κ2) is 7.06. The maximum absolute atomic E-state index is 12.1. The van der Waals surface area contributed by atoms with Gasteiger partial charge in [0.15, 0.2) is 0 Å². The highest BCUT2D eigenvalue weighted by atomic mass is 16.2. The van der Waals surface area contributed by atoms with Gasteiger partial charge in [-0.25, -0.2) is 4.98 Å². The van der Waals surface area contributed by atoms with Crippen molar-refractivity contribution in [3.8, 4) is 0 Å². The third kappa shape index (κ3) is 4.44. The lowest BCUT2D eigenvalue weighted by Gasteiger charge is -2.35. The molecule has 0 unspecified atom stereocenters. The zero-order chi connectivity index (χ0) is 15.2. The lowest BCUT2D eigenvalue weighted by molar-refractivity contribution is -0.136. The molecule has 2 amide bonds. The van der Waals surface area contributed by atoms with E-state index in [1.165, 1.54) is 0 Å². The molecule has 0 spiro atoms. The Hall–Kier alpha value is -2.11. The number of piperazine rings is 1. The molecule has 0 bridgehead atoms. The first-order valence-electron chi connectivity index (χ1n) is 7.29. The van der Waals surface area contributed by atoms with Crippen LogP contribution in [-0.2, 0) is 9.59 Å². The third-order valence-corrected chi connectivity index (χ3v) is 3.37. The summed E-state index contributed by atoms with van der Waals surface area (Å²) in [7, 11) is 0. The fourth-order valence-corrected chi connectivity index (χ4v) is 2.35. The second-order valence-corrected chi connectivity index (χ2v) is 5.45. The average Bonchev–Trinajstić information content (AvgIpc) is 2.47. The maximum atomic E-state index is 12.1. The average molecular weight is 290 g/mol. The fraction of sp³-hybridized carbons (Fsp3) is 0.533. The number of carbonyl (C=O) groups excluding carboxylic acids is 2. The van der Waals surface area contributed by atoms with E-state index in [-0.39, 0.29) is 24.3 Å². The van der Waals surface area contributed by atoms with Gasteiger partial charge in [-0.2, -0.15) is 0 Å². The third-order valence-electron chi connectivity index (χ3n) is 3.37. The lowest BCUT2D eigenvalue weighted by atomic mass is 10.2. The second-order valence-electron chi connectivity index (χ2n) is 5.45. The van der Waals surface area contributed by atoms with E-state index in [1.54, 1.807) is 11.1 Å². The number of hydrogen-bond donors (Lipinski definition) is 1. The van der Waals surface area contributed by atoms with Crippen molar-refractivity contribution < 1.29 is 9.59 Å². The van der Waals surface area contributed by atoms with E-state index in [4.69, 9.17) is 0 Å². The number of hydrogen-bond acceptors (Lipinski definition) is 4. The molecule has 6 nitrogen and oxygen atoms in total. The molecule has 1 aromatic rings. The highest BCUT2D eigenvalue weighted by Gasteiger charge is 2.23. The van der Waals surface area contributed by atoms with Crippen LogP contribution in [-0.4, -0.2) is 53.9 Å². The van der Waals surface area contributed by atoms with Gasteiger partial charge in [0.05, 0.1) is 0 Å². The van der Waals surface area contributed by atoms with Crippen LogP contribution < -0.4 is 10.2 Å². The molecule has 0 atom stereocenters. The molecule has 0 aromatic carbocycles. The summed E-state index contributed by atoms with van der Waals surface area (Å²) in [4.78, 5) is 31.9. The standard InChI is InChI=1S/C15H22N4O2/c1-12(2)17-14(20)11-15(21)19-9-7-18(8-10-19)13-5-3-4-6-16-13/h3-6,12H,7-11H2,1-2H3,(H,17,20). The summed E-state index contributed by atoms with van der Waals surface area (Å²) in [6.45, 7) is 6.51. The Morgan fingerprint density at radius 1 is 1.24 bits per heavy atom. The Labute approximate surface area is 125 Å². The van der Waals surface area contributed by atoms with Crippen molar-refractivity contribution in [2.24, 2.45) is 0 Å². The van der Waals surface area contributed by atoms with Crippen LogP contribution in [0.1, 0.15) is 20.3 Å². The monoisotopic (exact) mass is 290 g/mol. The van der Waals surface area contributed by atoms with E-state index in [0.29, 0.717) is 13.1 Å². The van der Waals surface area contributed by atoms with Gasteiger partial charge in [-0.15, -0.1) is 0 Å². The van der Waals surface area contributed by atoms with Gasteiger partial charge in [0.25, 0.3) is 0 Å². The number of aromatic nitrogens is 1. The van der Waals surface area contributed by atoms with Gasteiger partial charge in [0.1, 0.15) is 12.2 Å². The summed E-state index contributed by atoms with van der Waals surface area (Å²) >= 11 is 0. The summed E-state index contributed by atoms with van der Waals surface area (Å²) < 4.78 is 0. The highest BCUT2D eigenvalue weighted by molar-refractivity contribution is 5.97. The maximum Gasteiger partial charge on any atom is 0.232 e. The van der Waals surface area contributed by atoms with E-state index in [0.717, 1.165) is 18.9 Å². The first-order valence-corrected chi connectivity index (χ1v) is 7.29. The van der Waals surface area contributed by atoms with Gasteiger partial charge in [0.2, 0.25) is 11.8 Å². The summed E-state index contributed by atoms with van der Waals surface area (Å²) in [5.41, 5.74) is 0. The highest BCUT2D eigenvalue weighted by Crippen LogP contribution is 2.12. The number of carbonyl (C=O) groups is 2. The summed E-state index contributed by atoms with van der Waals surface area (Å²) in [5, 5.41) is 2.74. The van der Waals surface area contributed by atoms with Crippen LogP contribution in [0.25, 0.3) is 0 Å². The van der Waals surface area contributed by atoms with Gasteiger partial charge in [-0.1, -0.05) is 6.07 Å². The van der Waals surface area contributed by atoms with E-state index in [1.807, 2.05) is 32.0 Å². The molecule has 0 aliphatic carbocycles. The minimum Gasteiger partial charge on any atom is -0.353 e. The molecular weight excluding hydrogens is 268 g/mol. The molecule has 2 rings (SSSR count). The van der Waals surface area contributed by atoms with Crippen molar-refractivity contribution in [3.05, 3.63) is 24.4 Å². The Bertz CT molecular complexity index is 482. The Kier molecular flexibility index (Phi) is 5.14. The van der Waals surface area contributed by atoms with E-state index < -0.39 is 0 Å². The smallest absolute Gasteiger partial charge is 0.232 e. The van der Waals surface area contributed by atoms with Gasteiger partial charge < -0.3 is 15.1 Å². The minimum absolute atomic E-state index is 0.0614. The van der Waals surface area contributed by atoms with E-state index in [9.17, 15) is 9.59 Å². The predicted octanol–water partition coefficient (Wildman–Crippen LogP) is 0.645. The molecule has 1 fully saturated rings. The topological polar surface area (TPSA) is 65.5 Å². The van der Waals surface area contributed by atoms with Crippen LogP contribution >= 0.6 is 0 Å². The van der Waals surface area contributed by atoms with Crippen LogP contribution in [0.4, 0.5) is 5.82 Å². The normalized spacial score (nSPS) is 15.2. The predicted molar refractivity (Wildman–Crippen MR) is 80.9 cm³/mol. The van der Waals surface area contributed by atoms with Crippen LogP contribution in [0, 0.1) is 0 Å². The molecule has 1 N–H and O–H groups in total. The summed E-state index contributed by atoms with van der Waals surface area (Å²) in [5.74, 6) is 0.623. The van der Waals surface area contributed by atoms with Crippen molar-refractivity contribution in [1.29, 1.82) is 0 Å². The van der Waals surface area contributed by atoms with Crippen LogP contribution in [0.2, 0.25) is 0 Å². The number of rotatable bonds is 4. The van der Waals surface area contributed by atoms with Crippen LogP contribution in [0.15, 0.2) is 24.4 Å². The number of nitrogens with one attached hydrogen (secondary N) is 1.